The van der Waals surface area contributed by atoms with E-state index >= 15 is 0 Å². The van der Waals surface area contributed by atoms with E-state index in [1.165, 1.54) is 30.7 Å². The molecule has 1 aliphatic rings. The fourth-order valence-corrected chi connectivity index (χ4v) is 4.33. The van der Waals surface area contributed by atoms with Gasteiger partial charge in [0.15, 0.2) is 0 Å². The number of nitrogens with one attached hydrogen (secondary N) is 1. The van der Waals surface area contributed by atoms with Crippen molar-refractivity contribution < 1.29 is 0 Å². The largest absolute Gasteiger partial charge is 0.316 e. The summed E-state index contributed by atoms with van der Waals surface area (Å²) in [5, 5.41) is 3.68. The van der Waals surface area contributed by atoms with Gasteiger partial charge in [0.05, 0.1) is 0 Å². The summed E-state index contributed by atoms with van der Waals surface area (Å²) in [7, 11) is 0. The predicted octanol–water partition coefficient (Wildman–Crippen LogP) is 4.82. The standard InChI is InChI=1S/C17H29NS/c1-12(2)10-18-11-15-7-5-13(3)9-16(15)17-8-6-14(4)19-17/h6,8,12-13,15-16,18H,5,7,9-11H2,1-4H3. The Morgan fingerprint density at radius 1 is 1.32 bits per heavy atom. The molecular weight excluding hydrogens is 250 g/mol. The number of aryl methyl sites for hydroxylation is 1. The van der Waals surface area contributed by atoms with Crippen molar-refractivity contribution >= 4 is 11.3 Å². The van der Waals surface area contributed by atoms with Gasteiger partial charge in [0, 0.05) is 9.75 Å². The van der Waals surface area contributed by atoms with Crippen molar-refractivity contribution in [1.29, 1.82) is 0 Å². The molecule has 1 fully saturated rings. The van der Waals surface area contributed by atoms with E-state index in [2.05, 4.69) is 45.1 Å². The number of rotatable bonds is 5. The second-order valence-corrected chi connectivity index (χ2v) is 8.10. The normalized spacial score (nSPS) is 27.9. The lowest BCUT2D eigenvalue weighted by Gasteiger charge is -2.35. The molecule has 19 heavy (non-hydrogen) atoms. The zero-order chi connectivity index (χ0) is 13.8. The molecule has 0 amide bonds. The van der Waals surface area contributed by atoms with Crippen molar-refractivity contribution in [2.75, 3.05) is 13.1 Å². The van der Waals surface area contributed by atoms with Crippen molar-refractivity contribution in [3.05, 3.63) is 21.9 Å². The summed E-state index contributed by atoms with van der Waals surface area (Å²) in [5.74, 6) is 3.29. The Morgan fingerprint density at radius 2 is 2.11 bits per heavy atom. The fourth-order valence-electron chi connectivity index (χ4n) is 3.25. The van der Waals surface area contributed by atoms with Gasteiger partial charge in [-0.1, -0.05) is 27.2 Å². The molecular formula is C17H29NS. The maximum atomic E-state index is 3.68. The van der Waals surface area contributed by atoms with Crippen LogP contribution < -0.4 is 5.32 Å². The van der Waals surface area contributed by atoms with Gasteiger partial charge >= 0.3 is 0 Å². The van der Waals surface area contributed by atoms with Gasteiger partial charge in [-0.25, -0.2) is 0 Å². The van der Waals surface area contributed by atoms with Crippen LogP contribution in [0.15, 0.2) is 12.1 Å². The molecule has 1 aromatic rings. The van der Waals surface area contributed by atoms with Gasteiger partial charge in [-0.05, 0) is 68.7 Å². The molecule has 0 radical (unpaired) electrons. The minimum absolute atomic E-state index is 0.755. The summed E-state index contributed by atoms with van der Waals surface area (Å²) in [6.07, 6.45) is 4.19. The molecule has 1 nitrogen and oxygen atoms in total. The summed E-state index contributed by atoms with van der Waals surface area (Å²) < 4.78 is 0. The van der Waals surface area contributed by atoms with Crippen molar-refractivity contribution in [2.45, 2.75) is 52.9 Å². The summed E-state index contributed by atoms with van der Waals surface area (Å²) >= 11 is 2.01. The van der Waals surface area contributed by atoms with E-state index in [4.69, 9.17) is 0 Å². The molecule has 0 bridgehead atoms. The molecule has 1 heterocycles. The van der Waals surface area contributed by atoms with Crippen molar-refractivity contribution in [1.82, 2.24) is 5.32 Å². The average molecular weight is 279 g/mol. The van der Waals surface area contributed by atoms with Gasteiger partial charge < -0.3 is 5.32 Å². The van der Waals surface area contributed by atoms with Gasteiger partial charge in [-0.2, -0.15) is 0 Å². The summed E-state index contributed by atoms with van der Waals surface area (Å²) in [6, 6.07) is 4.66. The van der Waals surface area contributed by atoms with E-state index in [1.807, 2.05) is 11.3 Å². The fraction of sp³-hybridized carbons (Fsp3) is 0.765. The first-order chi connectivity index (χ1) is 9.06. The second-order valence-electron chi connectivity index (χ2n) is 6.79. The minimum Gasteiger partial charge on any atom is -0.316 e. The number of hydrogen-bond acceptors (Lipinski definition) is 2. The van der Waals surface area contributed by atoms with Crippen LogP contribution in [0, 0.1) is 24.7 Å². The van der Waals surface area contributed by atoms with E-state index in [1.54, 1.807) is 4.88 Å². The number of hydrogen-bond donors (Lipinski definition) is 1. The molecule has 1 aliphatic carbocycles. The Labute approximate surface area is 122 Å². The third kappa shape index (κ3) is 4.32. The molecule has 1 saturated carbocycles. The molecule has 1 N–H and O–H groups in total. The molecule has 3 unspecified atom stereocenters. The first-order valence-electron chi connectivity index (χ1n) is 7.83. The molecule has 108 valence electrons. The van der Waals surface area contributed by atoms with Gasteiger partial charge in [-0.15, -0.1) is 11.3 Å². The lowest BCUT2D eigenvalue weighted by atomic mass is 9.74. The average Bonchev–Trinajstić information content (AvgIpc) is 2.77. The second kappa shape index (κ2) is 6.90. The van der Waals surface area contributed by atoms with Crippen LogP contribution >= 0.6 is 11.3 Å². The van der Waals surface area contributed by atoms with Crippen LogP contribution in [0.25, 0.3) is 0 Å². The predicted molar refractivity (Wildman–Crippen MR) is 86.0 cm³/mol. The zero-order valence-electron chi connectivity index (χ0n) is 12.9. The minimum atomic E-state index is 0.755. The maximum absolute atomic E-state index is 3.68. The van der Waals surface area contributed by atoms with Crippen LogP contribution in [0.4, 0.5) is 0 Å². The summed E-state index contributed by atoms with van der Waals surface area (Å²) in [4.78, 5) is 3.09. The smallest absolute Gasteiger partial charge is 0.00823 e. The molecule has 0 spiro atoms. The van der Waals surface area contributed by atoms with Crippen LogP contribution in [0.5, 0.6) is 0 Å². The van der Waals surface area contributed by atoms with E-state index in [-0.39, 0.29) is 0 Å². The zero-order valence-corrected chi connectivity index (χ0v) is 13.7. The highest BCUT2D eigenvalue weighted by molar-refractivity contribution is 7.12. The third-order valence-electron chi connectivity index (χ3n) is 4.34. The first-order valence-corrected chi connectivity index (χ1v) is 8.65. The highest BCUT2D eigenvalue weighted by Gasteiger charge is 2.30. The van der Waals surface area contributed by atoms with Crippen LogP contribution in [0.3, 0.4) is 0 Å². The third-order valence-corrected chi connectivity index (χ3v) is 5.47. The molecule has 2 heteroatoms. The summed E-state index contributed by atoms with van der Waals surface area (Å²) in [6.45, 7) is 11.6. The number of thiophene rings is 1. The van der Waals surface area contributed by atoms with E-state index in [0.29, 0.717) is 0 Å². The van der Waals surface area contributed by atoms with Crippen LogP contribution in [-0.2, 0) is 0 Å². The van der Waals surface area contributed by atoms with Crippen LogP contribution in [0.2, 0.25) is 0 Å². The lowest BCUT2D eigenvalue weighted by molar-refractivity contribution is 0.242. The Balaban J connectivity index is 1.98. The lowest BCUT2D eigenvalue weighted by Crippen LogP contribution is -2.32. The highest BCUT2D eigenvalue weighted by Crippen LogP contribution is 2.42. The molecule has 0 aliphatic heterocycles. The van der Waals surface area contributed by atoms with Gasteiger partial charge in [0.25, 0.3) is 0 Å². The Hall–Kier alpha value is -0.340. The van der Waals surface area contributed by atoms with E-state index < -0.39 is 0 Å². The topological polar surface area (TPSA) is 12.0 Å². The van der Waals surface area contributed by atoms with Crippen molar-refractivity contribution in [3.63, 3.8) is 0 Å². The Bertz CT molecular complexity index is 382. The SMILES string of the molecule is Cc1ccc(C2CC(C)CCC2CNCC(C)C)s1. The van der Waals surface area contributed by atoms with Crippen molar-refractivity contribution in [2.24, 2.45) is 17.8 Å². The van der Waals surface area contributed by atoms with Crippen molar-refractivity contribution in [3.8, 4) is 0 Å². The van der Waals surface area contributed by atoms with Crippen LogP contribution in [0.1, 0.15) is 55.7 Å². The molecule has 3 atom stereocenters. The summed E-state index contributed by atoms with van der Waals surface area (Å²) in [5.41, 5.74) is 0. The molecule has 2 rings (SSSR count). The van der Waals surface area contributed by atoms with Crippen LogP contribution in [-0.4, -0.2) is 13.1 Å². The van der Waals surface area contributed by atoms with Gasteiger partial charge in [-0.3, -0.25) is 0 Å². The monoisotopic (exact) mass is 279 g/mol. The molecule has 0 saturated heterocycles. The highest BCUT2D eigenvalue weighted by atomic mass is 32.1. The van der Waals surface area contributed by atoms with E-state index in [9.17, 15) is 0 Å². The maximum Gasteiger partial charge on any atom is 0.00823 e. The van der Waals surface area contributed by atoms with Gasteiger partial charge in [0.1, 0.15) is 0 Å². The Morgan fingerprint density at radius 3 is 2.74 bits per heavy atom. The molecule has 0 aromatic carbocycles. The molecule has 1 aromatic heterocycles. The quantitative estimate of drug-likeness (QED) is 0.814. The van der Waals surface area contributed by atoms with Gasteiger partial charge in [0.2, 0.25) is 0 Å². The van der Waals surface area contributed by atoms with E-state index in [0.717, 1.165) is 30.2 Å². The first kappa shape index (κ1) is 15.1. The Kier molecular flexibility index (Phi) is 5.47.